The molecule has 1 aromatic carbocycles. The fourth-order valence-corrected chi connectivity index (χ4v) is 0.844. The molecule has 58 valence electrons. The molecule has 0 spiro atoms. The Morgan fingerprint density at radius 2 is 2.18 bits per heavy atom. The Bertz CT molecular complexity index is 296. The lowest BCUT2D eigenvalue weighted by molar-refractivity contribution is 0.101. The zero-order valence-corrected chi connectivity index (χ0v) is 6.10. The molecule has 0 aliphatic carbocycles. The lowest BCUT2D eigenvalue weighted by Gasteiger charge is -2.00. The third-order valence-electron chi connectivity index (χ3n) is 1.43. The van der Waals surface area contributed by atoms with Gasteiger partial charge in [-0.3, -0.25) is 4.79 Å². The van der Waals surface area contributed by atoms with E-state index in [1.54, 1.807) is 0 Å². The van der Waals surface area contributed by atoms with E-state index in [4.69, 9.17) is 5.73 Å². The van der Waals surface area contributed by atoms with E-state index >= 15 is 0 Å². The van der Waals surface area contributed by atoms with Gasteiger partial charge in [-0.1, -0.05) is 6.07 Å². The number of carbonyl (C=O) groups excluding carboxylic acids is 1. The molecule has 0 atom stereocenters. The monoisotopic (exact) mass is 153 g/mol. The van der Waals surface area contributed by atoms with Crippen LogP contribution in [-0.4, -0.2) is 5.78 Å². The molecule has 0 aliphatic heterocycles. The summed E-state index contributed by atoms with van der Waals surface area (Å²) in [5.74, 6) is -0.764. The number of ketones is 1. The number of nitrogens with two attached hydrogens (primary N) is 1. The summed E-state index contributed by atoms with van der Waals surface area (Å²) in [6.07, 6.45) is 0. The van der Waals surface area contributed by atoms with E-state index in [9.17, 15) is 9.18 Å². The summed E-state index contributed by atoms with van der Waals surface area (Å²) in [5.41, 5.74) is 5.46. The third-order valence-corrected chi connectivity index (χ3v) is 1.43. The maximum absolute atomic E-state index is 12.7. The Morgan fingerprint density at radius 1 is 1.55 bits per heavy atom. The van der Waals surface area contributed by atoms with E-state index in [0.717, 1.165) is 0 Å². The normalized spacial score (nSPS) is 9.64. The predicted octanol–water partition coefficient (Wildman–Crippen LogP) is 1.61. The fraction of sp³-hybridized carbons (Fsp3) is 0.125. The van der Waals surface area contributed by atoms with Gasteiger partial charge in [-0.25, -0.2) is 4.39 Å². The zero-order chi connectivity index (χ0) is 8.43. The summed E-state index contributed by atoms with van der Waals surface area (Å²) in [5, 5.41) is 0. The quantitative estimate of drug-likeness (QED) is 0.492. The second-order valence-corrected chi connectivity index (χ2v) is 2.26. The van der Waals surface area contributed by atoms with Gasteiger partial charge in [-0.2, -0.15) is 0 Å². The Labute approximate surface area is 63.8 Å². The number of Topliss-reactive ketones (excluding diaryl/α,β-unsaturated/α-hetero) is 1. The third kappa shape index (κ3) is 1.37. The number of hydrogen-bond acceptors (Lipinski definition) is 2. The van der Waals surface area contributed by atoms with Gasteiger partial charge in [-0.15, -0.1) is 0 Å². The molecule has 0 aliphatic rings. The SMILES string of the molecule is CC(=O)c1cccc(F)c1N. The molecular formula is C8H8FNO. The highest BCUT2D eigenvalue weighted by molar-refractivity contribution is 5.99. The fourth-order valence-electron chi connectivity index (χ4n) is 0.844. The molecule has 3 heteroatoms. The number of nitrogen functional groups attached to an aromatic ring is 1. The molecule has 0 heterocycles. The molecule has 0 bridgehead atoms. The van der Waals surface area contributed by atoms with Crippen LogP contribution in [-0.2, 0) is 0 Å². The van der Waals surface area contributed by atoms with Crippen molar-refractivity contribution in [3.05, 3.63) is 29.6 Å². The van der Waals surface area contributed by atoms with Crippen LogP contribution < -0.4 is 5.73 Å². The molecule has 0 aromatic heterocycles. The van der Waals surface area contributed by atoms with Crippen LogP contribution in [0.2, 0.25) is 0 Å². The van der Waals surface area contributed by atoms with Crippen LogP contribution >= 0.6 is 0 Å². The van der Waals surface area contributed by atoms with Crippen LogP contribution in [0.3, 0.4) is 0 Å². The summed E-state index contributed by atoms with van der Waals surface area (Å²) in [6, 6.07) is 4.19. The van der Waals surface area contributed by atoms with Crippen molar-refractivity contribution in [1.82, 2.24) is 0 Å². The van der Waals surface area contributed by atoms with Crippen molar-refractivity contribution in [3.63, 3.8) is 0 Å². The molecule has 0 radical (unpaired) electrons. The van der Waals surface area contributed by atoms with Gasteiger partial charge in [0.05, 0.1) is 5.69 Å². The average molecular weight is 153 g/mol. The van der Waals surface area contributed by atoms with Crippen LogP contribution in [0.4, 0.5) is 10.1 Å². The second-order valence-electron chi connectivity index (χ2n) is 2.26. The van der Waals surface area contributed by atoms with E-state index in [0.29, 0.717) is 0 Å². The molecule has 0 amide bonds. The smallest absolute Gasteiger partial charge is 0.161 e. The Kier molecular flexibility index (Phi) is 1.89. The van der Waals surface area contributed by atoms with Gasteiger partial charge in [0.1, 0.15) is 5.82 Å². The van der Waals surface area contributed by atoms with Crippen molar-refractivity contribution >= 4 is 11.5 Å². The van der Waals surface area contributed by atoms with Crippen LogP contribution in [0.1, 0.15) is 17.3 Å². The second kappa shape index (κ2) is 2.70. The molecular weight excluding hydrogens is 145 g/mol. The van der Waals surface area contributed by atoms with E-state index in [1.165, 1.54) is 25.1 Å². The first-order valence-electron chi connectivity index (χ1n) is 3.18. The van der Waals surface area contributed by atoms with Crippen LogP contribution in [0.15, 0.2) is 18.2 Å². The minimum atomic E-state index is -0.544. The van der Waals surface area contributed by atoms with Gasteiger partial charge in [0.25, 0.3) is 0 Å². The number of carbonyl (C=O) groups is 1. The van der Waals surface area contributed by atoms with Gasteiger partial charge in [0.2, 0.25) is 0 Å². The van der Waals surface area contributed by atoms with E-state index in [-0.39, 0.29) is 17.0 Å². The average Bonchev–Trinajstić information content (AvgIpc) is 1.94. The largest absolute Gasteiger partial charge is 0.396 e. The van der Waals surface area contributed by atoms with Crippen molar-refractivity contribution in [3.8, 4) is 0 Å². The summed E-state index contributed by atoms with van der Waals surface area (Å²) in [7, 11) is 0. The van der Waals surface area contributed by atoms with Crippen LogP contribution in [0.25, 0.3) is 0 Å². The predicted molar refractivity (Wildman–Crippen MR) is 40.8 cm³/mol. The zero-order valence-electron chi connectivity index (χ0n) is 6.10. The standard InChI is InChI=1S/C8H8FNO/c1-5(11)6-3-2-4-7(9)8(6)10/h2-4H,10H2,1H3. The highest BCUT2D eigenvalue weighted by Gasteiger charge is 2.06. The van der Waals surface area contributed by atoms with Gasteiger partial charge in [-0.05, 0) is 19.1 Å². The van der Waals surface area contributed by atoms with Crippen molar-refractivity contribution in [2.45, 2.75) is 6.92 Å². The van der Waals surface area contributed by atoms with Crippen molar-refractivity contribution in [2.24, 2.45) is 0 Å². The summed E-state index contributed by atoms with van der Waals surface area (Å²) >= 11 is 0. The topological polar surface area (TPSA) is 43.1 Å². The van der Waals surface area contributed by atoms with E-state index in [1.807, 2.05) is 0 Å². The lowest BCUT2D eigenvalue weighted by atomic mass is 10.1. The molecule has 0 fully saturated rings. The molecule has 2 N–H and O–H groups in total. The molecule has 1 aromatic rings. The lowest BCUT2D eigenvalue weighted by Crippen LogP contribution is -2.01. The molecule has 2 nitrogen and oxygen atoms in total. The summed E-state index contributed by atoms with van der Waals surface area (Å²) < 4.78 is 12.7. The van der Waals surface area contributed by atoms with Crippen LogP contribution in [0.5, 0.6) is 0 Å². The number of anilines is 1. The molecule has 1 rings (SSSR count). The van der Waals surface area contributed by atoms with Crippen molar-refractivity contribution in [1.29, 1.82) is 0 Å². The van der Waals surface area contributed by atoms with Crippen molar-refractivity contribution in [2.75, 3.05) is 5.73 Å². The van der Waals surface area contributed by atoms with E-state index in [2.05, 4.69) is 0 Å². The summed E-state index contributed by atoms with van der Waals surface area (Å²) in [6.45, 7) is 1.35. The summed E-state index contributed by atoms with van der Waals surface area (Å²) in [4.78, 5) is 10.8. The maximum atomic E-state index is 12.7. The first-order valence-corrected chi connectivity index (χ1v) is 3.18. The van der Waals surface area contributed by atoms with Gasteiger partial charge >= 0.3 is 0 Å². The number of hydrogen-bond donors (Lipinski definition) is 1. The molecule has 11 heavy (non-hydrogen) atoms. The maximum Gasteiger partial charge on any atom is 0.161 e. The first kappa shape index (κ1) is 7.72. The van der Waals surface area contributed by atoms with E-state index < -0.39 is 5.82 Å². The molecule has 0 unspecified atom stereocenters. The Hall–Kier alpha value is -1.38. The van der Waals surface area contributed by atoms with Crippen molar-refractivity contribution < 1.29 is 9.18 Å². The van der Waals surface area contributed by atoms with Gasteiger partial charge in [0.15, 0.2) is 5.78 Å². The minimum Gasteiger partial charge on any atom is -0.396 e. The Balaban J connectivity index is 3.27. The van der Waals surface area contributed by atoms with Gasteiger partial charge in [0, 0.05) is 5.56 Å². The molecule has 0 saturated heterocycles. The molecule has 0 saturated carbocycles. The number of rotatable bonds is 1. The number of halogens is 1. The highest BCUT2D eigenvalue weighted by Crippen LogP contribution is 2.15. The first-order chi connectivity index (χ1) is 5.13. The van der Waals surface area contributed by atoms with Gasteiger partial charge < -0.3 is 5.73 Å². The number of benzene rings is 1. The van der Waals surface area contributed by atoms with Crippen LogP contribution in [0, 0.1) is 5.82 Å². The minimum absolute atomic E-state index is 0.0694. The number of para-hydroxylation sites is 1. The highest BCUT2D eigenvalue weighted by atomic mass is 19.1. The Morgan fingerprint density at radius 3 is 2.64 bits per heavy atom.